The monoisotopic (exact) mass is 390 g/mol. The molecular weight excluding hydrogens is 364 g/mol. The standard InChI is InChI=1S/C19H26N4O3S/c1-7-22-11-15(13(5)21-22)9-10-16(24)23(12(3)4)19-20-14(6)17(27-19)18(25)26-8-2/h9-12H,7-8H2,1-6H3. The Bertz CT molecular complexity index is 851. The zero-order valence-corrected chi connectivity index (χ0v) is 17.5. The Hall–Kier alpha value is -2.48. The third kappa shape index (κ3) is 4.82. The van der Waals surface area contributed by atoms with Gasteiger partial charge in [-0.2, -0.15) is 5.10 Å². The Morgan fingerprint density at radius 2 is 2.00 bits per heavy atom. The van der Waals surface area contributed by atoms with Crippen LogP contribution in [0, 0.1) is 13.8 Å². The van der Waals surface area contributed by atoms with Gasteiger partial charge >= 0.3 is 5.97 Å². The molecule has 0 unspecified atom stereocenters. The maximum Gasteiger partial charge on any atom is 0.350 e. The molecule has 0 saturated heterocycles. The summed E-state index contributed by atoms with van der Waals surface area (Å²) in [6, 6.07) is -0.109. The molecule has 0 radical (unpaired) electrons. The Morgan fingerprint density at radius 3 is 2.56 bits per heavy atom. The SMILES string of the molecule is CCOC(=O)c1sc(N(C(=O)C=Cc2cn(CC)nc2C)C(C)C)nc1C. The first-order chi connectivity index (χ1) is 12.8. The maximum absolute atomic E-state index is 12.8. The highest BCUT2D eigenvalue weighted by molar-refractivity contribution is 7.17. The molecule has 27 heavy (non-hydrogen) atoms. The Labute approximate surface area is 163 Å². The van der Waals surface area contributed by atoms with Crippen LogP contribution in [0.2, 0.25) is 0 Å². The van der Waals surface area contributed by atoms with Gasteiger partial charge in [0.1, 0.15) is 4.88 Å². The lowest BCUT2D eigenvalue weighted by Gasteiger charge is -2.22. The Kier molecular flexibility index (Phi) is 6.90. The van der Waals surface area contributed by atoms with Gasteiger partial charge < -0.3 is 4.74 Å². The van der Waals surface area contributed by atoms with E-state index in [0.717, 1.165) is 17.8 Å². The highest BCUT2D eigenvalue weighted by Crippen LogP contribution is 2.28. The molecule has 0 N–H and O–H groups in total. The average molecular weight is 391 g/mol. The van der Waals surface area contributed by atoms with Crippen molar-refractivity contribution in [2.24, 2.45) is 0 Å². The topological polar surface area (TPSA) is 77.3 Å². The van der Waals surface area contributed by atoms with Gasteiger partial charge in [0, 0.05) is 30.4 Å². The molecule has 0 aliphatic carbocycles. The van der Waals surface area contributed by atoms with Crippen LogP contribution in [-0.4, -0.2) is 39.3 Å². The van der Waals surface area contributed by atoms with Crippen molar-refractivity contribution >= 4 is 34.4 Å². The third-order valence-electron chi connectivity index (χ3n) is 3.92. The highest BCUT2D eigenvalue weighted by Gasteiger charge is 2.24. The van der Waals surface area contributed by atoms with Gasteiger partial charge in [-0.1, -0.05) is 11.3 Å². The number of ether oxygens (including phenoxy) is 1. The summed E-state index contributed by atoms with van der Waals surface area (Å²) >= 11 is 1.17. The Morgan fingerprint density at radius 1 is 1.30 bits per heavy atom. The summed E-state index contributed by atoms with van der Waals surface area (Å²) in [4.78, 5) is 31.3. The fourth-order valence-electron chi connectivity index (χ4n) is 2.54. The van der Waals surface area contributed by atoms with E-state index in [1.807, 2.05) is 38.6 Å². The largest absolute Gasteiger partial charge is 0.462 e. The van der Waals surface area contributed by atoms with E-state index in [2.05, 4.69) is 10.1 Å². The van der Waals surface area contributed by atoms with E-state index < -0.39 is 5.97 Å². The molecule has 146 valence electrons. The first-order valence-electron chi connectivity index (χ1n) is 8.98. The molecule has 0 atom stereocenters. The number of anilines is 1. The molecule has 0 spiro atoms. The number of esters is 1. The minimum atomic E-state index is -0.409. The molecule has 2 aromatic rings. The fourth-order valence-corrected chi connectivity index (χ4v) is 3.64. The molecule has 0 aromatic carbocycles. The van der Waals surface area contributed by atoms with E-state index in [1.165, 1.54) is 17.4 Å². The molecule has 1 amide bonds. The second-order valence-corrected chi connectivity index (χ2v) is 7.27. The van der Waals surface area contributed by atoms with Crippen LogP contribution < -0.4 is 4.90 Å². The van der Waals surface area contributed by atoms with Crippen molar-refractivity contribution < 1.29 is 14.3 Å². The van der Waals surface area contributed by atoms with E-state index >= 15 is 0 Å². The summed E-state index contributed by atoms with van der Waals surface area (Å²) in [5.74, 6) is -0.606. The summed E-state index contributed by atoms with van der Waals surface area (Å²) in [5.41, 5.74) is 2.33. The number of amides is 1. The zero-order chi connectivity index (χ0) is 20.1. The number of nitrogens with zero attached hydrogens (tertiary/aromatic N) is 4. The first kappa shape index (κ1) is 20.8. The number of hydrogen-bond acceptors (Lipinski definition) is 6. The van der Waals surface area contributed by atoms with Crippen LogP contribution in [0.5, 0.6) is 0 Å². The molecular formula is C19H26N4O3S. The molecule has 0 aliphatic rings. The van der Waals surface area contributed by atoms with Crippen LogP contribution in [0.3, 0.4) is 0 Å². The van der Waals surface area contributed by atoms with Crippen LogP contribution in [0.4, 0.5) is 5.13 Å². The summed E-state index contributed by atoms with van der Waals surface area (Å²) < 4.78 is 6.89. The molecule has 2 aromatic heterocycles. The number of aromatic nitrogens is 3. The second kappa shape index (κ2) is 8.94. The lowest BCUT2D eigenvalue weighted by Crippen LogP contribution is -2.35. The van der Waals surface area contributed by atoms with Crippen molar-refractivity contribution in [2.45, 2.75) is 54.1 Å². The summed E-state index contributed by atoms with van der Waals surface area (Å²) in [6.07, 6.45) is 5.19. The van der Waals surface area contributed by atoms with Crippen molar-refractivity contribution in [2.75, 3.05) is 11.5 Å². The van der Waals surface area contributed by atoms with Crippen LogP contribution >= 0.6 is 11.3 Å². The van der Waals surface area contributed by atoms with E-state index in [9.17, 15) is 9.59 Å². The van der Waals surface area contributed by atoms with Gasteiger partial charge in [0.2, 0.25) is 0 Å². The summed E-state index contributed by atoms with van der Waals surface area (Å²) in [7, 11) is 0. The van der Waals surface area contributed by atoms with Crippen LogP contribution in [0.1, 0.15) is 54.3 Å². The number of carbonyl (C=O) groups excluding carboxylic acids is 2. The number of aryl methyl sites for hydroxylation is 3. The van der Waals surface area contributed by atoms with Crippen molar-refractivity contribution in [1.82, 2.24) is 14.8 Å². The van der Waals surface area contributed by atoms with Gasteiger partial charge in [0.15, 0.2) is 5.13 Å². The first-order valence-corrected chi connectivity index (χ1v) is 9.79. The van der Waals surface area contributed by atoms with Gasteiger partial charge in [-0.05, 0) is 47.6 Å². The molecule has 8 heteroatoms. The van der Waals surface area contributed by atoms with Crippen LogP contribution in [0.15, 0.2) is 12.3 Å². The molecule has 0 bridgehead atoms. The van der Waals surface area contributed by atoms with Gasteiger partial charge in [-0.15, -0.1) is 0 Å². The number of carbonyl (C=O) groups is 2. The van der Waals surface area contributed by atoms with Crippen molar-refractivity contribution in [3.63, 3.8) is 0 Å². The van der Waals surface area contributed by atoms with Gasteiger partial charge in [0.05, 0.1) is 18.0 Å². The van der Waals surface area contributed by atoms with Gasteiger partial charge in [0.25, 0.3) is 5.91 Å². The van der Waals surface area contributed by atoms with E-state index in [4.69, 9.17) is 4.74 Å². The van der Waals surface area contributed by atoms with Crippen LogP contribution in [0.25, 0.3) is 6.08 Å². The predicted octanol–water partition coefficient (Wildman–Crippen LogP) is 3.61. The van der Waals surface area contributed by atoms with Crippen molar-refractivity contribution in [3.8, 4) is 0 Å². The minimum absolute atomic E-state index is 0.109. The second-order valence-electron chi connectivity index (χ2n) is 6.29. The Balaban J connectivity index is 2.27. The number of hydrogen-bond donors (Lipinski definition) is 0. The minimum Gasteiger partial charge on any atom is -0.462 e. The third-order valence-corrected chi connectivity index (χ3v) is 5.06. The lowest BCUT2D eigenvalue weighted by atomic mass is 10.2. The predicted molar refractivity (Wildman–Crippen MR) is 107 cm³/mol. The lowest BCUT2D eigenvalue weighted by molar-refractivity contribution is -0.114. The number of thiazole rings is 1. The smallest absolute Gasteiger partial charge is 0.350 e. The summed E-state index contributed by atoms with van der Waals surface area (Å²) in [6.45, 7) is 12.3. The molecule has 2 heterocycles. The molecule has 0 fully saturated rings. The molecule has 2 rings (SSSR count). The van der Waals surface area contributed by atoms with E-state index in [0.29, 0.717) is 22.3 Å². The average Bonchev–Trinajstić information content (AvgIpc) is 3.15. The van der Waals surface area contributed by atoms with Gasteiger partial charge in [-0.25, -0.2) is 9.78 Å². The fraction of sp³-hybridized carbons (Fsp3) is 0.474. The quantitative estimate of drug-likeness (QED) is 0.533. The van der Waals surface area contributed by atoms with Crippen molar-refractivity contribution in [3.05, 3.63) is 34.1 Å². The molecule has 0 saturated carbocycles. The molecule has 0 aliphatic heterocycles. The van der Waals surface area contributed by atoms with E-state index in [-0.39, 0.29) is 11.9 Å². The van der Waals surface area contributed by atoms with E-state index in [1.54, 1.807) is 24.8 Å². The number of rotatable bonds is 7. The molecule has 7 nitrogen and oxygen atoms in total. The van der Waals surface area contributed by atoms with Crippen LogP contribution in [-0.2, 0) is 16.1 Å². The normalized spacial score (nSPS) is 11.4. The summed E-state index contributed by atoms with van der Waals surface area (Å²) in [5, 5.41) is 4.86. The highest BCUT2D eigenvalue weighted by atomic mass is 32.1. The van der Waals surface area contributed by atoms with Crippen molar-refractivity contribution in [1.29, 1.82) is 0 Å². The van der Waals surface area contributed by atoms with Gasteiger partial charge in [-0.3, -0.25) is 14.4 Å². The zero-order valence-electron chi connectivity index (χ0n) is 16.6. The maximum atomic E-state index is 12.8.